The van der Waals surface area contributed by atoms with E-state index in [1.807, 2.05) is 6.08 Å². The highest BCUT2D eigenvalue weighted by atomic mass is 16.4. The Morgan fingerprint density at radius 2 is 2.05 bits per heavy atom. The maximum absolute atomic E-state index is 11.8. The molecule has 5 heteroatoms. The van der Waals surface area contributed by atoms with Gasteiger partial charge < -0.3 is 15.7 Å². The zero-order valence-electron chi connectivity index (χ0n) is 11.1. The summed E-state index contributed by atoms with van der Waals surface area (Å²) in [6, 6.07) is -0.441. The molecule has 2 rings (SSSR count). The Kier molecular flexibility index (Phi) is 4.45. The monoisotopic (exact) mass is 266 g/mol. The fourth-order valence-corrected chi connectivity index (χ4v) is 3.51. The number of hydrogen-bond donors (Lipinski definition) is 3. The summed E-state index contributed by atoms with van der Waals surface area (Å²) in [6.45, 7) is 4.22. The van der Waals surface area contributed by atoms with Gasteiger partial charge in [-0.2, -0.15) is 0 Å². The molecule has 2 bridgehead atoms. The molecular formula is C14H22N2O3. The smallest absolute Gasteiger partial charge is 0.315 e. The second-order valence-electron chi connectivity index (χ2n) is 5.55. The van der Waals surface area contributed by atoms with Gasteiger partial charge in [0.2, 0.25) is 0 Å². The molecule has 0 aliphatic heterocycles. The first kappa shape index (κ1) is 13.9. The molecule has 0 aromatic heterocycles. The van der Waals surface area contributed by atoms with Crippen LogP contribution in [0.3, 0.4) is 0 Å². The lowest BCUT2D eigenvalue weighted by Gasteiger charge is -2.28. The number of carboxylic acid groups (broad SMARTS) is 1. The predicted molar refractivity (Wildman–Crippen MR) is 71.7 cm³/mol. The van der Waals surface area contributed by atoms with Crippen LogP contribution in [-0.4, -0.2) is 29.7 Å². The molecule has 2 amide bonds. The Hall–Kier alpha value is -1.52. The van der Waals surface area contributed by atoms with Gasteiger partial charge in [0.15, 0.2) is 0 Å². The van der Waals surface area contributed by atoms with E-state index >= 15 is 0 Å². The number of urea groups is 1. The molecule has 2 aliphatic carbocycles. The van der Waals surface area contributed by atoms with E-state index in [9.17, 15) is 14.7 Å². The van der Waals surface area contributed by atoms with Gasteiger partial charge >= 0.3 is 12.0 Å². The van der Waals surface area contributed by atoms with Gasteiger partial charge in [0.1, 0.15) is 0 Å². The van der Waals surface area contributed by atoms with Crippen molar-refractivity contribution >= 4 is 12.0 Å². The summed E-state index contributed by atoms with van der Waals surface area (Å²) in [7, 11) is 0. The summed E-state index contributed by atoms with van der Waals surface area (Å²) in [5.74, 6) is -0.597. The van der Waals surface area contributed by atoms with Crippen LogP contribution in [0.25, 0.3) is 0 Å². The van der Waals surface area contributed by atoms with E-state index in [1.54, 1.807) is 0 Å². The Balaban J connectivity index is 1.82. The highest BCUT2D eigenvalue weighted by Crippen LogP contribution is 2.48. The van der Waals surface area contributed by atoms with Gasteiger partial charge in [-0.3, -0.25) is 4.79 Å². The average molecular weight is 266 g/mol. The molecule has 106 valence electrons. The Morgan fingerprint density at radius 1 is 1.32 bits per heavy atom. The molecule has 4 unspecified atom stereocenters. The summed E-state index contributed by atoms with van der Waals surface area (Å²) in [5.41, 5.74) is 0. The van der Waals surface area contributed by atoms with Crippen LogP contribution in [0.15, 0.2) is 12.7 Å². The summed E-state index contributed by atoms with van der Waals surface area (Å²) < 4.78 is 0. The van der Waals surface area contributed by atoms with E-state index in [4.69, 9.17) is 0 Å². The van der Waals surface area contributed by atoms with Gasteiger partial charge in [-0.15, -0.1) is 6.58 Å². The topological polar surface area (TPSA) is 78.4 Å². The molecule has 0 aromatic carbocycles. The fraction of sp³-hybridized carbons (Fsp3) is 0.714. The second kappa shape index (κ2) is 6.08. The Bertz CT molecular complexity index is 370. The maximum Gasteiger partial charge on any atom is 0.315 e. The summed E-state index contributed by atoms with van der Waals surface area (Å²) >= 11 is 0. The number of fused-ring (bicyclic) bond motifs is 2. The largest absolute Gasteiger partial charge is 0.481 e. The minimum atomic E-state index is -0.774. The number of carboxylic acids is 1. The average Bonchev–Trinajstić information content (AvgIpc) is 2.95. The number of unbranched alkanes of at least 4 members (excludes halogenated alkanes) is 1. The number of carbonyl (C=O) groups excluding carboxylic acids is 1. The third kappa shape index (κ3) is 3.08. The van der Waals surface area contributed by atoms with E-state index in [0.29, 0.717) is 12.5 Å². The summed E-state index contributed by atoms with van der Waals surface area (Å²) in [6.07, 6.45) is 6.51. The van der Waals surface area contributed by atoms with Crippen molar-refractivity contribution in [3.8, 4) is 0 Å². The van der Waals surface area contributed by atoms with Crippen molar-refractivity contribution in [2.75, 3.05) is 6.54 Å². The van der Waals surface area contributed by atoms with Crippen molar-refractivity contribution in [2.45, 2.75) is 38.1 Å². The molecule has 2 saturated carbocycles. The van der Waals surface area contributed by atoms with Gasteiger partial charge in [-0.1, -0.05) is 6.08 Å². The summed E-state index contributed by atoms with van der Waals surface area (Å²) in [5, 5.41) is 14.9. The van der Waals surface area contributed by atoms with Crippen LogP contribution >= 0.6 is 0 Å². The molecule has 0 saturated heterocycles. The van der Waals surface area contributed by atoms with E-state index in [-0.39, 0.29) is 18.0 Å². The number of amides is 2. The zero-order valence-corrected chi connectivity index (χ0v) is 11.1. The molecule has 2 fully saturated rings. The third-order valence-corrected chi connectivity index (χ3v) is 4.37. The number of hydrogen-bond acceptors (Lipinski definition) is 2. The van der Waals surface area contributed by atoms with Gasteiger partial charge in [0.05, 0.1) is 5.92 Å². The summed E-state index contributed by atoms with van der Waals surface area (Å²) in [4.78, 5) is 23.1. The van der Waals surface area contributed by atoms with Crippen molar-refractivity contribution in [1.82, 2.24) is 10.6 Å². The second-order valence-corrected chi connectivity index (χ2v) is 5.55. The first-order valence-corrected chi connectivity index (χ1v) is 7.01. The number of rotatable bonds is 6. The van der Waals surface area contributed by atoms with Crippen LogP contribution in [0.5, 0.6) is 0 Å². The highest BCUT2D eigenvalue weighted by Gasteiger charge is 2.51. The van der Waals surface area contributed by atoms with E-state index < -0.39 is 11.9 Å². The van der Waals surface area contributed by atoms with Crippen LogP contribution in [-0.2, 0) is 4.79 Å². The first-order valence-electron chi connectivity index (χ1n) is 7.01. The van der Waals surface area contributed by atoms with Crippen LogP contribution in [0.2, 0.25) is 0 Å². The zero-order chi connectivity index (χ0) is 13.8. The lowest BCUT2D eigenvalue weighted by atomic mass is 9.84. The molecule has 0 spiro atoms. The van der Waals surface area contributed by atoms with Crippen molar-refractivity contribution in [2.24, 2.45) is 17.8 Å². The van der Waals surface area contributed by atoms with Crippen LogP contribution < -0.4 is 10.6 Å². The van der Waals surface area contributed by atoms with Gasteiger partial charge in [0, 0.05) is 12.6 Å². The number of allylic oxidation sites excluding steroid dienone is 1. The molecule has 19 heavy (non-hydrogen) atoms. The number of nitrogens with one attached hydrogen (secondary N) is 2. The van der Waals surface area contributed by atoms with E-state index in [0.717, 1.165) is 32.1 Å². The standard InChI is InChI=1S/C14H22N2O3/c1-2-3-4-7-15-14(19)16-12-10-6-5-9(8-10)11(12)13(17)18/h2,9-12H,1,3-8H2,(H,17,18)(H2,15,16,19). The lowest BCUT2D eigenvalue weighted by Crippen LogP contribution is -2.50. The predicted octanol–water partition coefficient (Wildman–Crippen LogP) is 1.75. The van der Waals surface area contributed by atoms with Crippen molar-refractivity contribution in [1.29, 1.82) is 0 Å². The fourth-order valence-electron chi connectivity index (χ4n) is 3.51. The van der Waals surface area contributed by atoms with E-state index in [1.165, 1.54) is 0 Å². The normalized spacial score (nSPS) is 32.0. The molecule has 0 aromatic rings. The molecule has 5 nitrogen and oxygen atoms in total. The SMILES string of the molecule is C=CCCCNC(=O)NC1C2CCC(C2)C1C(=O)O. The van der Waals surface area contributed by atoms with Crippen LogP contribution in [0.1, 0.15) is 32.1 Å². The number of aliphatic carboxylic acids is 1. The molecule has 3 N–H and O–H groups in total. The number of carbonyl (C=O) groups is 2. The van der Waals surface area contributed by atoms with Crippen molar-refractivity contribution in [3.05, 3.63) is 12.7 Å². The Labute approximate surface area is 113 Å². The van der Waals surface area contributed by atoms with Crippen molar-refractivity contribution in [3.63, 3.8) is 0 Å². The molecule has 4 atom stereocenters. The minimum Gasteiger partial charge on any atom is -0.481 e. The lowest BCUT2D eigenvalue weighted by molar-refractivity contribution is -0.144. The first-order chi connectivity index (χ1) is 9.13. The van der Waals surface area contributed by atoms with Gasteiger partial charge in [-0.05, 0) is 43.9 Å². The quantitative estimate of drug-likeness (QED) is 0.506. The van der Waals surface area contributed by atoms with Crippen LogP contribution in [0, 0.1) is 17.8 Å². The molecule has 0 heterocycles. The van der Waals surface area contributed by atoms with Gasteiger partial charge in [0.25, 0.3) is 0 Å². The third-order valence-electron chi connectivity index (χ3n) is 4.37. The van der Waals surface area contributed by atoms with Crippen molar-refractivity contribution < 1.29 is 14.7 Å². The molecular weight excluding hydrogens is 244 g/mol. The maximum atomic E-state index is 11.8. The Morgan fingerprint density at radius 3 is 2.74 bits per heavy atom. The molecule has 0 radical (unpaired) electrons. The van der Waals surface area contributed by atoms with Crippen LogP contribution in [0.4, 0.5) is 4.79 Å². The van der Waals surface area contributed by atoms with E-state index in [2.05, 4.69) is 17.2 Å². The van der Waals surface area contributed by atoms with Gasteiger partial charge in [-0.25, -0.2) is 4.79 Å². The minimum absolute atomic E-state index is 0.198. The molecule has 2 aliphatic rings. The highest BCUT2D eigenvalue weighted by molar-refractivity contribution is 5.77.